The number of aliphatic hydroxyl groups excluding tert-OH is 2. The van der Waals surface area contributed by atoms with Crippen molar-refractivity contribution < 1.29 is 28.1 Å². The normalized spacial score (nSPS) is 30.6. The van der Waals surface area contributed by atoms with Gasteiger partial charge in [-0.1, -0.05) is 12.2 Å². The van der Waals surface area contributed by atoms with Gasteiger partial charge in [-0.05, 0) is 6.07 Å². The molecule has 2 rings (SSSR count). The number of nitrogens with zero attached hydrogens (tertiary/aromatic N) is 1. The Kier molecular flexibility index (Phi) is 4.00. The zero-order valence-corrected chi connectivity index (χ0v) is 10.7. The number of rotatable bonds is 2. The molecule has 0 aliphatic carbocycles. The molecule has 2 heterocycles. The third kappa shape index (κ3) is 2.64. The monoisotopic (exact) mass is 312 g/mol. The molecule has 3 N–H and O–H groups in total. The first-order valence-electron chi connectivity index (χ1n) is 5.58. The highest BCUT2D eigenvalue weighted by Gasteiger charge is 2.58. The van der Waals surface area contributed by atoms with E-state index < -0.39 is 42.8 Å². The van der Waals surface area contributed by atoms with Crippen LogP contribution in [-0.4, -0.2) is 44.8 Å². The zero-order chi connectivity index (χ0) is 15.1. The van der Waals surface area contributed by atoms with Crippen molar-refractivity contribution in [3.8, 4) is 0 Å². The van der Waals surface area contributed by atoms with Crippen molar-refractivity contribution in [2.24, 2.45) is 5.92 Å². The molecule has 4 atom stereocenters. The molecule has 1 saturated heterocycles. The highest BCUT2D eigenvalue weighted by molar-refractivity contribution is 7.71. The number of aromatic nitrogens is 2. The molecule has 1 aromatic heterocycles. The molecule has 6 nitrogen and oxygen atoms in total. The smallest absolute Gasteiger partial charge is 0.394 e. The van der Waals surface area contributed by atoms with Crippen LogP contribution < -0.4 is 5.69 Å². The largest absolute Gasteiger partial charge is 0.398 e. The van der Waals surface area contributed by atoms with Gasteiger partial charge in [-0.15, -0.1) is 0 Å². The summed E-state index contributed by atoms with van der Waals surface area (Å²) >= 11 is 4.68. The molecule has 1 aliphatic heterocycles. The van der Waals surface area contributed by atoms with Crippen LogP contribution in [0.5, 0.6) is 0 Å². The number of aliphatic hydroxyl groups is 2. The summed E-state index contributed by atoms with van der Waals surface area (Å²) < 4.78 is 44.7. The van der Waals surface area contributed by atoms with Gasteiger partial charge in [-0.3, -0.25) is 9.55 Å². The fourth-order valence-corrected chi connectivity index (χ4v) is 2.26. The third-order valence-electron chi connectivity index (χ3n) is 3.05. The number of hydrogen-bond acceptors (Lipinski definition) is 5. The van der Waals surface area contributed by atoms with E-state index in [2.05, 4.69) is 17.2 Å². The van der Waals surface area contributed by atoms with Gasteiger partial charge in [0.15, 0.2) is 6.23 Å². The van der Waals surface area contributed by atoms with Crippen LogP contribution in [0.15, 0.2) is 17.1 Å². The minimum absolute atomic E-state index is 0.0621. The number of aromatic amines is 1. The molecule has 0 saturated carbocycles. The summed E-state index contributed by atoms with van der Waals surface area (Å²) in [7, 11) is 0. The molecule has 0 spiro atoms. The first kappa shape index (κ1) is 15.2. The number of H-pyrrole nitrogens is 1. The molecule has 0 aromatic carbocycles. The number of ether oxygens (including phenoxy) is 1. The highest BCUT2D eigenvalue weighted by atomic mass is 32.1. The predicted octanol–water partition coefficient (Wildman–Crippen LogP) is 0.335. The average Bonchev–Trinajstić information content (AvgIpc) is 2.65. The molecule has 1 unspecified atom stereocenters. The summed E-state index contributed by atoms with van der Waals surface area (Å²) in [6.07, 6.45) is -8.87. The Morgan fingerprint density at radius 1 is 1.50 bits per heavy atom. The van der Waals surface area contributed by atoms with Gasteiger partial charge < -0.3 is 14.9 Å². The molecular formula is C10H11F3N2O4S. The lowest BCUT2D eigenvalue weighted by atomic mass is 9.99. The van der Waals surface area contributed by atoms with E-state index in [0.717, 1.165) is 6.20 Å². The van der Waals surface area contributed by atoms with Crippen LogP contribution in [0.2, 0.25) is 0 Å². The van der Waals surface area contributed by atoms with Crippen molar-refractivity contribution in [2.45, 2.75) is 24.6 Å². The van der Waals surface area contributed by atoms with Crippen molar-refractivity contribution in [3.63, 3.8) is 0 Å². The molecule has 1 aliphatic rings. The van der Waals surface area contributed by atoms with Crippen LogP contribution in [0.4, 0.5) is 13.2 Å². The Hall–Kier alpha value is -1.23. The average molecular weight is 312 g/mol. The lowest BCUT2D eigenvalue weighted by molar-refractivity contribution is -0.211. The summed E-state index contributed by atoms with van der Waals surface area (Å²) in [4.78, 5) is 13.8. The van der Waals surface area contributed by atoms with Gasteiger partial charge in [0, 0.05) is 6.20 Å². The van der Waals surface area contributed by atoms with E-state index in [4.69, 9.17) is 9.84 Å². The van der Waals surface area contributed by atoms with Gasteiger partial charge in [-0.2, -0.15) is 13.2 Å². The van der Waals surface area contributed by atoms with Gasteiger partial charge >= 0.3 is 11.9 Å². The molecular weight excluding hydrogens is 301 g/mol. The van der Waals surface area contributed by atoms with Crippen LogP contribution in [0.25, 0.3) is 0 Å². The summed E-state index contributed by atoms with van der Waals surface area (Å²) in [5, 5.41) is 18.5. The maximum absolute atomic E-state index is 13.0. The molecule has 10 heteroatoms. The van der Waals surface area contributed by atoms with E-state index in [9.17, 15) is 23.1 Å². The molecule has 112 valence electrons. The summed E-state index contributed by atoms with van der Waals surface area (Å²) in [6, 6.07) is 1.23. The standard InChI is InChI=1S/C10H11F3N2O4S/c11-10(12,13)6-7(17)4(3-16)19-8(6)15-2-1-5(20)14-9(15)18/h1-2,4,6-8,16-17H,3H2,(H,14,18,20)/t4-,6?,7+,8-/m1/s1. The quantitative estimate of drug-likeness (QED) is 0.685. The van der Waals surface area contributed by atoms with Crippen LogP contribution in [0.3, 0.4) is 0 Å². The van der Waals surface area contributed by atoms with E-state index in [0.29, 0.717) is 4.57 Å². The van der Waals surface area contributed by atoms with Crippen molar-refractivity contribution in [2.75, 3.05) is 6.61 Å². The van der Waals surface area contributed by atoms with Crippen LogP contribution in [0.1, 0.15) is 6.23 Å². The molecule has 1 fully saturated rings. The van der Waals surface area contributed by atoms with E-state index in [1.807, 2.05) is 0 Å². The maximum atomic E-state index is 13.0. The number of nitrogens with one attached hydrogen (secondary N) is 1. The van der Waals surface area contributed by atoms with Crippen LogP contribution in [-0.2, 0) is 4.74 Å². The van der Waals surface area contributed by atoms with Crippen molar-refractivity contribution in [1.29, 1.82) is 0 Å². The van der Waals surface area contributed by atoms with Gasteiger partial charge in [0.2, 0.25) is 0 Å². The van der Waals surface area contributed by atoms with Gasteiger partial charge in [0.25, 0.3) is 0 Å². The Morgan fingerprint density at radius 3 is 2.65 bits per heavy atom. The Balaban J connectivity index is 2.47. The second-order valence-corrected chi connectivity index (χ2v) is 4.76. The van der Waals surface area contributed by atoms with E-state index >= 15 is 0 Å². The first-order valence-corrected chi connectivity index (χ1v) is 5.99. The Morgan fingerprint density at radius 2 is 2.15 bits per heavy atom. The Bertz CT molecular complexity index is 599. The lowest BCUT2D eigenvalue weighted by Crippen LogP contribution is -2.40. The molecule has 0 radical (unpaired) electrons. The number of hydrogen-bond donors (Lipinski definition) is 3. The molecule has 20 heavy (non-hydrogen) atoms. The van der Waals surface area contributed by atoms with E-state index in [-0.39, 0.29) is 4.64 Å². The lowest BCUT2D eigenvalue weighted by Gasteiger charge is -2.23. The fourth-order valence-electron chi connectivity index (χ4n) is 2.12. The minimum Gasteiger partial charge on any atom is -0.394 e. The summed E-state index contributed by atoms with van der Waals surface area (Å²) in [5.74, 6) is -2.32. The first-order chi connectivity index (χ1) is 9.25. The van der Waals surface area contributed by atoms with Gasteiger partial charge in [0.1, 0.15) is 16.7 Å². The molecule has 0 amide bonds. The highest BCUT2D eigenvalue weighted by Crippen LogP contribution is 2.44. The summed E-state index contributed by atoms with van der Waals surface area (Å²) in [6.45, 7) is -0.790. The van der Waals surface area contributed by atoms with Crippen LogP contribution in [0, 0.1) is 10.6 Å². The SMILES string of the molecule is O=c1[nH]c(=S)ccn1[C@@H]1O[C@H](CO)[C@H](O)C1C(F)(F)F. The molecule has 1 aromatic rings. The van der Waals surface area contributed by atoms with E-state index in [1.54, 1.807) is 0 Å². The van der Waals surface area contributed by atoms with Crippen molar-refractivity contribution in [3.05, 3.63) is 27.4 Å². The number of alkyl halides is 3. The minimum atomic E-state index is -4.79. The third-order valence-corrected chi connectivity index (χ3v) is 3.29. The van der Waals surface area contributed by atoms with Crippen LogP contribution >= 0.6 is 12.2 Å². The number of halogens is 3. The predicted molar refractivity (Wildman–Crippen MR) is 62.4 cm³/mol. The van der Waals surface area contributed by atoms with Crippen molar-refractivity contribution in [1.82, 2.24) is 9.55 Å². The topological polar surface area (TPSA) is 87.5 Å². The second-order valence-electron chi connectivity index (χ2n) is 4.32. The zero-order valence-electron chi connectivity index (χ0n) is 9.87. The van der Waals surface area contributed by atoms with Gasteiger partial charge in [-0.25, -0.2) is 4.79 Å². The second kappa shape index (κ2) is 5.28. The maximum Gasteiger partial charge on any atom is 0.398 e. The molecule has 0 bridgehead atoms. The Labute approximate surface area is 115 Å². The fraction of sp³-hybridized carbons (Fsp3) is 0.600. The van der Waals surface area contributed by atoms with Crippen molar-refractivity contribution >= 4 is 12.2 Å². The van der Waals surface area contributed by atoms with E-state index in [1.165, 1.54) is 6.07 Å². The summed E-state index contributed by atoms with van der Waals surface area (Å²) in [5.41, 5.74) is -0.887. The van der Waals surface area contributed by atoms with Gasteiger partial charge in [0.05, 0.1) is 12.7 Å².